The second-order valence-corrected chi connectivity index (χ2v) is 5.41. The van der Waals surface area contributed by atoms with E-state index in [9.17, 15) is 4.53 Å². The van der Waals surface area contributed by atoms with Crippen molar-refractivity contribution in [2.45, 2.75) is 96.8 Å². The number of rotatable bonds is 15. The molecule has 0 saturated heterocycles. The molecule has 0 amide bonds. The molecule has 0 radical (unpaired) electrons. The van der Waals surface area contributed by atoms with Gasteiger partial charge in [0.2, 0.25) is 0 Å². The summed E-state index contributed by atoms with van der Waals surface area (Å²) in [5.74, 6) is 0. The van der Waals surface area contributed by atoms with Crippen LogP contribution in [0.25, 0.3) is 0 Å². The highest BCUT2D eigenvalue weighted by atomic mass is 19.3. The average molecular weight is 260 g/mol. The number of hydrogen-bond donors (Lipinski definition) is 0. The first-order valence-corrected chi connectivity index (χ1v) is 8.15. The van der Waals surface area contributed by atoms with Crippen LogP contribution in [-0.2, 0) is 4.94 Å². The molecular weight excluding hydrogens is 227 g/mol. The molecule has 0 aromatic carbocycles. The summed E-state index contributed by atoms with van der Waals surface area (Å²) in [5, 5.41) is 0. The van der Waals surface area contributed by atoms with Gasteiger partial charge in [0.15, 0.2) is 0 Å². The molecule has 0 aliphatic rings. The van der Waals surface area contributed by atoms with Gasteiger partial charge in [-0.15, -0.1) is 0 Å². The maximum absolute atomic E-state index is 11.3. The van der Waals surface area contributed by atoms with Crippen LogP contribution in [0.5, 0.6) is 0 Å². The van der Waals surface area contributed by atoms with E-state index in [0.29, 0.717) is 0 Å². The van der Waals surface area contributed by atoms with Gasteiger partial charge in [-0.25, -0.2) is 0 Å². The van der Waals surface area contributed by atoms with Gasteiger partial charge in [-0.1, -0.05) is 90.4 Å². The van der Waals surface area contributed by atoms with E-state index in [1.165, 1.54) is 77.0 Å². The second kappa shape index (κ2) is 16.9. The van der Waals surface area contributed by atoms with E-state index in [4.69, 9.17) is 0 Å². The van der Waals surface area contributed by atoms with Gasteiger partial charge >= 0.3 is 0 Å². The Bertz CT molecular complexity index is 123. The molecule has 0 aromatic heterocycles. The highest BCUT2D eigenvalue weighted by molar-refractivity contribution is 4.49. The lowest BCUT2D eigenvalue weighted by Gasteiger charge is -2.02. The van der Waals surface area contributed by atoms with Crippen LogP contribution in [-0.4, -0.2) is 6.61 Å². The molecule has 0 aliphatic heterocycles. The van der Waals surface area contributed by atoms with Gasteiger partial charge in [0, 0.05) is 0 Å². The Balaban J connectivity index is 2.86. The van der Waals surface area contributed by atoms with Gasteiger partial charge in [0.1, 0.15) is 0 Å². The molecule has 0 saturated carbocycles. The molecule has 0 aliphatic carbocycles. The Kier molecular flexibility index (Phi) is 16.8. The van der Waals surface area contributed by atoms with E-state index < -0.39 is 0 Å². The number of hydrogen-bond acceptors (Lipinski definition) is 1. The van der Waals surface area contributed by atoms with Gasteiger partial charge in [-0.05, 0) is 10.9 Å². The minimum atomic E-state index is 0.276. The average Bonchev–Trinajstić information content (AvgIpc) is 2.39. The van der Waals surface area contributed by atoms with Crippen LogP contribution in [0.15, 0.2) is 0 Å². The van der Waals surface area contributed by atoms with Gasteiger partial charge in [-0.2, -0.15) is 4.94 Å². The summed E-state index contributed by atoms with van der Waals surface area (Å²) in [6.45, 7) is 2.54. The van der Waals surface area contributed by atoms with E-state index in [1.807, 2.05) is 0 Å². The van der Waals surface area contributed by atoms with Crippen LogP contribution in [0.3, 0.4) is 0 Å². The molecule has 110 valence electrons. The third-order valence-corrected chi connectivity index (χ3v) is 3.58. The van der Waals surface area contributed by atoms with E-state index in [2.05, 4.69) is 11.9 Å². The first-order chi connectivity index (χ1) is 8.91. The number of unbranched alkanes of at least 4 members (excludes halogenated alkanes) is 13. The molecule has 0 unspecified atom stereocenters. The van der Waals surface area contributed by atoms with Crippen molar-refractivity contribution in [2.24, 2.45) is 0 Å². The highest BCUT2D eigenvalue weighted by Crippen LogP contribution is 2.12. The fourth-order valence-electron chi connectivity index (χ4n) is 2.35. The fourth-order valence-corrected chi connectivity index (χ4v) is 2.35. The van der Waals surface area contributed by atoms with Crippen molar-refractivity contribution in [1.82, 2.24) is 0 Å². The summed E-state index contributed by atoms with van der Waals surface area (Å²) < 4.78 is 11.3. The maximum Gasteiger partial charge on any atom is 0.0876 e. The van der Waals surface area contributed by atoms with Crippen molar-refractivity contribution in [3.63, 3.8) is 0 Å². The Morgan fingerprint density at radius 2 is 0.889 bits per heavy atom. The third-order valence-electron chi connectivity index (χ3n) is 3.58. The van der Waals surface area contributed by atoms with Crippen molar-refractivity contribution >= 4 is 0 Å². The maximum atomic E-state index is 11.3. The molecule has 0 rings (SSSR count). The third kappa shape index (κ3) is 15.9. The number of halogens is 1. The predicted octanol–water partition coefficient (Wildman–Crippen LogP) is 6.37. The lowest BCUT2D eigenvalue weighted by molar-refractivity contribution is -0.133. The molecule has 0 N–H and O–H groups in total. The summed E-state index contributed by atoms with van der Waals surface area (Å²) in [6, 6.07) is 0. The van der Waals surface area contributed by atoms with Gasteiger partial charge in [-0.3, -0.25) is 0 Å². The normalized spacial score (nSPS) is 11.0. The summed E-state index contributed by atoms with van der Waals surface area (Å²) in [6.07, 6.45) is 18.6. The summed E-state index contributed by atoms with van der Waals surface area (Å²) in [4.78, 5) is 3.55. The lowest BCUT2D eigenvalue weighted by atomic mass is 10.0. The van der Waals surface area contributed by atoms with Crippen LogP contribution in [0.2, 0.25) is 0 Å². The quantitative estimate of drug-likeness (QED) is 0.311. The van der Waals surface area contributed by atoms with Crippen LogP contribution >= 0.6 is 0 Å². The van der Waals surface area contributed by atoms with Crippen molar-refractivity contribution in [3.8, 4) is 0 Å². The molecule has 1 nitrogen and oxygen atoms in total. The topological polar surface area (TPSA) is 9.23 Å². The molecule has 0 bridgehead atoms. The van der Waals surface area contributed by atoms with E-state index in [0.717, 1.165) is 12.8 Å². The van der Waals surface area contributed by atoms with Crippen molar-refractivity contribution < 1.29 is 9.47 Å². The molecule has 0 heterocycles. The molecule has 0 aromatic rings. The van der Waals surface area contributed by atoms with Crippen LogP contribution in [0.4, 0.5) is 4.53 Å². The van der Waals surface area contributed by atoms with Crippen LogP contribution in [0, 0.1) is 0 Å². The Hall–Kier alpha value is -0.110. The molecule has 0 fully saturated rings. The molecule has 0 spiro atoms. The predicted molar refractivity (Wildman–Crippen MR) is 77.4 cm³/mol. The Morgan fingerprint density at radius 3 is 1.22 bits per heavy atom. The molecule has 0 atom stereocenters. The Morgan fingerprint density at radius 1 is 0.556 bits per heavy atom. The highest BCUT2D eigenvalue weighted by Gasteiger charge is 1.94. The molecule has 2 heteroatoms. The molecule has 18 heavy (non-hydrogen) atoms. The molecular formula is C16H33FO. The SMILES string of the molecule is CCCCCCCCCCCCCCCCOF. The second-order valence-electron chi connectivity index (χ2n) is 5.41. The minimum Gasteiger partial charge on any atom is -0.194 e. The zero-order chi connectivity index (χ0) is 13.3. The minimum absolute atomic E-state index is 0.276. The Labute approximate surface area is 113 Å². The van der Waals surface area contributed by atoms with Crippen LogP contribution < -0.4 is 0 Å². The monoisotopic (exact) mass is 260 g/mol. The lowest BCUT2D eigenvalue weighted by Crippen LogP contribution is -1.86. The van der Waals surface area contributed by atoms with Crippen molar-refractivity contribution in [3.05, 3.63) is 0 Å². The smallest absolute Gasteiger partial charge is 0.0876 e. The summed E-state index contributed by atoms with van der Waals surface area (Å²) in [5.41, 5.74) is 0. The first-order valence-electron chi connectivity index (χ1n) is 8.15. The van der Waals surface area contributed by atoms with Crippen molar-refractivity contribution in [2.75, 3.05) is 6.61 Å². The fraction of sp³-hybridized carbons (Fsp3) is 1.00. The van der Waals surface area contributed by atoms with Gasteiger partial charge < -0.3 is 0 Å². The van der Waals surface area contributed by atoms with E-state index in [1.54, 1.807) is 0 Å². The van der Waals surface area contributed by atoms with Crippen LogP contribution in [0.1, 0.15) is 96.8 Å². The van der Waals surface area contributed by atoms with Crippen molar-refractivity contribution in [1.29, 1.82) is 0 Å². The summed E-state index contributed by atoms with van der Waals surface area (Å²) >= 11 is 0. The zero-order valence-electron chi connectivity index (χ0n) is 12.4. The first kappa shape index (κ1) is 17.9. The summed E-state index contributed by atoms with van der Waals surface area (Å²) in [7, 11) is 0. The van der Waals surface area contributed by atoms with Gasteiger partial charge in [0.25, 0.3) is 0 Å². The standard InChI is InChI=1S/C16H33FO/c1-2-3-4-5-6-7-8-9-10-11-12-13-14-15-16-18-17/h2-16H2,1H3. The zero-order valence-corrected chi connectivity index (χ0v) is 12.4. The van der Waals surface area contributed by atoms with Gasteiger partial charge in [0.05, 0.1) is 6.61 Å². The van der Waals surface area contributed by atoms with E-state index >= 15 is 0 Å². The largest absolute Gasteiger partial charge is 0.194 e. The van der Waals surface area contributed by atoms with E-state index in [-0.39, 0.29) is 6.61 Å².